The maximum Gasteiger partial charge on any atom is 0.178 e. The molecule has 1 spiro atoms. The standard InChI is InChI=1S/C50H49NO4/c1-47(2)28-48(3,4)30-49(29-47)43-10-8-7-9-38(43)44-41-25-32(27-52)40(31-11-17-35(51)18-12-31)26-42(41)46-39(45(44)49)23-24-50(55-46,33-13-19-36(53-5)20-14-33)34-15-21-37(54-6)22-16-34/h7-26,52H,27-30,51H2,1-6H3. The van der Waals surface area contributed by atoms with Gasteiger partial charge in [-0.2, -0.15) is 0 Å². The molecule has 0 unspecified atom stereocenters. The third kappa shape index (κ3) is 5.46. The molecule has 2 aliphatic carbocycles. The van der Waals surface area contributed by atoms with Crippen molar-refractivity contribution in [2.24, 2.45) is 10.8 Å². The summed E-state index contributed by atoms with van der Waals surface area (Å²) in [6, 6.07) is 37.8. The van der Waals surface area contributed by atoms with Crippen molar-refractivity contribution < 1.29 is 19.3 Å². The molecule has 1 aliphatic heterocycles. The van der Waals surface area contributed by atoms with Crippen LogP contribution in [0.1, 0.15) is 80.3 Å². The van der Waals surface area contributed by atoms with Crippen molar-refractivity contribution >= 4 is 22.5 Å². The van der Waals surface area contributed by atoms with Crippen molar-refractivity contribution in [1.82, 2.24) is 0 Å². The van der Waals surface area contributed by atoms with Crippen molar-refractivity contribution in [2.45, 2.75) is 64.6 Å². The van der Waals surface area contributed by atoms with Crippen LogP contribution in [-0.4, -0.2) is 19.3 Å². The highest BCUT2D eigenvalue weighted by Gasteiger charge is 2.55. The Kier molecular flexibility index (Phi) is 8.00. The molecule has 0 amide bonds. The van der Waals surface area contributed by atoms with E-state index in [1.807, 2.05) is 48.5 Å². The highest BCUT2D eigenvalue weighted by Crippen LogP contribution is 2.67. The largest absolute Gasteiger partial charge is 0.497 e. The van der Waals surface area contributed by atoms with Crippen LogP contribution in [0.5, 0.6) is 17.2 Å². The Morgan fingerprint density at radius 1 is 0.691 bits per heavy atom. The second kappa shape index (κ2) is 12.5. The Hall–Kier alpha value is -5.52. The lowest BCUT2D eigenvalue weighted by atomic mass is 9.52. The molecular formula is C50H49NO4. The van der Waals surface area contributed by atoms with E-state index < -0.39 is 5.60 Å². The summed E-state index contributed by atoms with van der Waals surface area (Å²) in [7, 11) is 3.38. The zero-order valence-corrected chi connectivity index (χ0v) is 32.6. The monoisotopic (exact) mass is 727 g/mol. The molecule has 0 bridgehead atoms. The smallest absolute Gasteiger partial charge is 0.178 e. The predicted octanol–water partition coefficient (Wildman–Crippen LogP) is 11.5. The molecule has 1 saturated carbocycles. The van der Waals surface area contributed by atoms with E-state index in [1.54, 1.807) is 14.2 Å². The van der Waals surface area contributed by atoms with Gasteiger partial charge in [-0.25, -0.2) is 0 Å². The van der Waals surface area contributed by atoms with E-state index in [1.165, 1.54) is 22.3 Å². The SMILES string of the molecule is COc1ccc(C2(c3ccc(OC)cc3)C=Cc3c4c(c5cc(CO)c(-c6ccc(N)cc6)cc5c3O2)-c2ccccc2C42CC(C)(C)CC(C)(C)C2)cc1. The van der Waals surface area contributed by atoms with Crippen LogP contribution < -0.4 is 19.9 Å². The van der Waals surface area contributed by atoms with Crippen LogP contribution >= 0.6 is 0 Å². The van der Waals surface area contributed by atoms with Crippen LogP contribution in [0.3, 0.4) is 0 Å². The Balaban J connectivity index is 1.41. The van der Waals surface area contributed by atoms with E-state index >= 15 is 0 Å². The summed E-state index contributed by atoms with van der Waals surface area (Å²) in [6.45, 7) is 9.67. The van der Waals surface area contributed by atoms with Gasteiger partial charge >= 0.3 is 0 Å². The fourth-order valence-electron chi connectivity index (χ4n) is 11.0. The van der Waals surface area contributed by atoms with Crippen LogP contribution in [-0.2, 0) is 17.6 Å². The molecular weight excluding hydrogens is 679 g/mol. The van der Waals surface area contributed by atoms with Crippen molar-refractivity contribution in [1.29, 1.82) is 0 Å². The lowest BCUT2D eigenvalue weighted by Gasteiger charge is -2.52. The Morgan fingerprint density at radius 2 is 1.29 bits per heavy atom. The first-order valence-electron chi connectivity index (χ1n) is 19.3. The molecule has 9 rings (SSSR count). The molecule has 5 nitrogen and oxygen atoms in total. The minimum Gasteiger partial charge on any atom is -0.497 e. The molecule has 3 N–H and O–H groups in total. The maximum atomic E-state index is 11.0. The van der Waals surface area contributed by atoms with Crippen molar-refractivity contribution in [2.75, 3.05) is 20.0 Å². The topological polar surface area (TPSA) is 73.9 Å². The zero-order chi connectivity index (χ0) is 38.3. The van der Waals surface area contributed by atoms with Gasteiger partial charge in [0.05, 0.1) is 20.8 Å². The highest BCUT2D eigenvalue weighted by atomic mass is 16.5. The Bertz CT molecular complexity index is 2430. The Labute approximate surface area is 324 Å². The number of rotatable bonds is 6. The number of ether oxygens (including phenoxy) is 3. The van der Waals surface area contributed by atoms with Crippen molar-refractivity contribution in [3.63, 3.8) is 0 Å². The number of hydrogen-bond donors (Lipinski definition) is 2. The molecule has 55 heavy (non-hydrogen) atoms. The molecule has 0 radical (unpaired) electrons. The average molecular weight is 728 g/mol. The van der Waals surface area contributed by atoms with Crippen LogP contribution in [0, 0.1) is 10.8 Å². The number of anilines is 1. The molecule has 3 aliphatic rings. The van der Waals surface area contributed by atoms with Crippen molar-refractivity contribution in [3.8, 4) is 39.5 Å². The fraction of sp³-hybridized carbons (Fsp3) is 0.280. The Morgan fingerprint density at radius 3 is 1.87 bits per heavy atom. The third-order valence-electron chi connectivity index (χ3n) is 12.4. The molecule has 278 valence electrons. The second-order valence-corrected chi connectivity index (χ2v) is 17.4. The lowest BCUT2D eigenvalue weighted by molar-refractivity contribution is 0.0642. The van der Waals surface area contributed by atoms with E-state index in [0.29, 0.717) is 5.69 Å². The van der Waals surface area contributed by atoms with Crippen LogP contribution in [0.2, 0.25) is 0 Å². The minimum atomic E-state index is -0.965. The first-order chi connectivity index (χ1) is 26.4. The summed E-state index contributed by atoms with van der Waals surface area (Å²) < 4.78 is 18.9. The number of benzene rings is 6. The molecule has 1 fully saturated rings. The van der Waals surface area contributed by atoms with Gasteiger partial charge in [-0.05, 0) is 129 Å². The number of nitrogen functional groups attached to an aromatic ring is 1. The van der Waals surface area contributed by atoms with E-state index in [0.717, 1.165) is 80.7 Å². The number of nitrogens with two attached hydrogens (primary N) is 1. The number of methoxy groups -OCH3 is 2. The minimum absolute atomic E-state index is 0.1000. The summed E-state index contributed by atoms with van der Waals surface area (Å²) in [4.78, 5) is 0. The first-order valence-corrected chi connectivity index (χ1v) is 19.3. The summed E-state index contributed by atoms with van der Waals surface area (Å²) in [5, 5.41) is 13.1. The zero-order valence-electron chi connectivity index (χ0n) is 32.6. The number of fused-ring (bicyclic) bond motifs is 10. The maximum absolute atomic E-state index is 11.0. The van der Waals surface area contributed by atoms with Crippen molar-refractivity contribution in [3.05, 3.63) is 149 Å². The van der Waals surface area contributed by atoms with E-state index in [-0.39, 0.29) is 22.9 Å². The van der Waals surface area contributed by atoms with Gasteiger partial charge in [-0.3, -0.25) is 0 Å². The first kappa shape index (κ1) is 35.2. The van der Waals surface area contributed by atoms with Gasteiger partial charge in [0.1, 0.15) is 17.2 Å². The van der Waals surface area contributed by atoms with Gasteiger partial charge in [0.15, 0.2) is 5.60 Å². The number of hydrogen-bond acceptors (Lipinski definition) is 5. The molecule has 0 saturated heterocycles. The highest BCUT2D eigenvalue weighted by molar-refractivity contribution is 6.10. The van der Waals surface area contributed by atoms with Gasteiger partial charge in [0.25, 0.3) is 0 Å². The quantitative estimate of drug-likeness (QED) is 0.167. The van der Waals surface area contributed by atoms with Gasteiger partial charge in [-0.1, -0.05) is 94.4 Å². The third-order valence-corrected chi connectivity index (χ3v) is 12.4. The van der Waals surface area contributed by atoms with Gasteiger partial charge in [-0.15, -0.1) is 0 Å². The average Bonchev–Trinajstić information content (AvgIpc) is 3.44. The van der Waals surface area contributed by atoms with E-state index in [4.69, 9.17) is 19.9 Å². The van der Waals surface area contributed by atoms with E-state index in [9.17, 15) is 5.11 Å². The predicted molar refractivity (Wildman–Crippen MR) is 224 cm³/mol. The molecule has 6 aromatic rings. The molecule has 6 aromatic carbocycles. The summed E-state index contributed by atoms with van der Waals surface area (Å²) in [6.07, 6.45) is 7.80. The molecule has 0 atom stereocenters. The lowest BCUT2D eigenvalue weighted by Crippen LogP contribution is -2.44. The van der Waals surface area contributed by atoms with Gasteiger partial charge in [0, 0.05) is 33.2 Å². The van der Waals surface area contributed by atoms with Crippen LogP contribution in [0.15, 0.2) is 115 Å². The number of aliphatic hydroxyl groups excluding tert-OH is 1. The normalized spacial score (nSPS) is 17.9. The van der Waals surface area contributed by atoms with Gasteiger partial charge < -0.3 is 25.1 Å². The summed E-state index contributed by atoms with van der Waals surface area (Å²) in [5.74, 6) is 2.41. The number of aliphatic hydroxyl groups is 1. The fourth-order valence-corrected chi connectivity index (χ4v) is 11.0. The van der Waals surface area contributed by atoms with Crippen LogP contribution in [0.25, 0.3) is 39.1 Å². The van der Waals surface area contributed by atoms with E-state index in [2.05, 4.69) is 101 Å². The summed E-state index contributed by atoms with van der Waals surface area (Å²) in [5.41, 5.74) is 17.0. The van der Waals surface area contributed by atoms with Gasteiger partial charge in [0.2, 0.25) is 0 Å². The summed E-state index contributed by atoms with van der Waals surface area (Å²) >= 11 is 0. The molecule has 0 aromatic heterocycles. The molecule has 1 heterocycles. The van der Waals surface area contributed by atoms with Crippen LogP contribution in [0.4, 0.5) is 5.69 Å². The second-order valence-electron chi connectivity index (χ2n) is 17.4. The molecule has 5 heteroatoms.